The van der Waals surface area contributed by atoms with Crippen LogP contribution >= 0.6 is 11.3 Å². The molecule has 0 aliphatic rings. The lowest BCUT2D eigenvalue weighted by molar-refractivity contribution is 0.631. The number of para-hydroxylation sites is 1. The van der Waals surface area contributed by atoms with Gasteiger partial charge in [-0.15, -0.1) is 11.3 Å². The van der Waals surface area contributed by atoms with Crippen molar-refractivity contribution in [3.63, 3.8) is 0 Å². The van der Waals surface area contributed by atoms with Crippen molar-refractivity contribution in [2.45, 2.75) is 33.1 Å². The average Bonchev–Trinajstić information content (AvgIpc) is 3.10. The molecule has 4 heteroatoms. The van der Waals surface area contributed by atoms with Gasteiger partial charge in [0.25, 0.3) is 0 Å². The van der Waals surface area contributed by atoms with Crippen LogP contribution in [0.1, 0.15) is 37.3 Å². The minimum absolute atomic E-state index is 0.299. The summed E-state index contributed by atoms with van der Waals surface area (Å²) in [5.74, 6) is -0.299. The Labute approximate surface area is 164 Å². The van der Waals surface area contributed by atoms with Crippen molar-refractivity contribution in [3.05, 3.63) is 70.9 Å². The third kappa shape index (κ3) is 4.04. The van der Waals surface area contributed by atoms with Gasteiger partial charge in [0.2, 0.25) is 0 Å². The van der Waals surface area contributed by atoms with E-state index in [1.165, 1.54) is 23.0 Å². The van der Waals surface area contributed by atoms with Gasteiger partial charge in [-0.2, -0.15) is 5.26 Å². The third-order valence-electron chi connectivity index (χ3n) is 4.68. The number of hydrogen-bond donors (Lipinski definition) is 0. The predicted molar refractivity (Wildman–Crippen MR) is 112 cm³/mol. The van der Waals surface area contributed by atoms with Crippen LogP contribution in [0.4, 0.5) is 15.1 Å². The van der Waals surface area contributed by atoms with Gasteiger partial charge in [0, 0.05) is 28.7 Å². The van der Waals surface area contributed by atoms with E-state index in [4.69, 9.17) is 0 Å². The topological polar surface area (TPSA) is 27.0 Å². The Balaban J connectivity index is 2.09. The first-order chi connectivity index (χ1) is 13.2. The van der Waals surface area contributed by atoms with Gasteiger partial charge in [-0.05, 0) is 31.0 Å². The Hall–Kier alpha value is -2.64. The highest BCUT2D eigenvalue weighted by molar-refractivity contribution is 7.15. The lowest BCUT2D eigenvalue weighted by Gasteiger charge is -2.25. The van der Waals surface area contributed by atoms with Crippen LogP contribution in [-0.4, -0.2) is 6.54 Å². The summed E-state index contributed by atoms with van der Waals surface area (Å²) < 4.78 is 14.3. The zero-order valence-electron chi connectivity index (χ0n) is 15.7. The Kier molecular flexibility index (Phi) is 6.26. The van der Waals surface area contributed by atoms with E-state index < -0.39 is 0 Å². The van der Waals surface area contributed by atoms with E-state index in [0.717, 1.165) is 36.5 Å². The smallest absolute Gasteiger partial charge is 0.131 e. The molecule has 2 nitrogen and oxygen atoms in total. The van der Waals surface area contributed by atoms with Crippen molar-refractivity contribution in [2.24, 2.45) is 0 Å². The number of benzene rings is 2. The van der Waals surface area contributed by atoms with Crippen molar-refractivity contribution in [1.82, 2.24) is 0 Å². The summed E-state index contributed by atoms with van der Waals surface area (Å²) in [4.78, 5) is 2.22. The Bertz CT molecular complexity index is 955. The number of aryl methyl sites for hydroxylation is 1. The summed E-state index contributed by atoms with van der Waals surface area (Å²) >= 11 is 1.51. The van der Waals surface area contributed by atoms with Gasteiger partial charge in [-0.1, -0.05) is 56.2 Å². The molecule has 0 fully saturated rings. The number of nitriles is 1. The number of rotatable bonds is 7. The molecule has 0 spiro atoms. The van der Waals surface area contributed by atoms with Gasteiger partial charge in [-0.25, -0.2) is 4.39 Å². The molecule has 0 saturated heterocycles. The molecular weight excluding hydrogens is 355 g/mol. The van der Waals surface area contributed by atoms with Gasteiger partial charge in [0.05, 0.1) is 5.56 Å². The average molecular weight is 379 g/mol. The standard InChI is InChI=1S/C23H23FN2S/c1-3-4-9-14-26(22-13-8-5-10-17(22)2)23-19(15-25)20(16-27-23)18-11-6-7-12-21(18)24/h5-8,10-13,16H,3-4,9,14H2,1-2H3. The lowest BCUT2D eigenvalue weighted by atomic mass is 10.0. The van der Waals surface area contributed by atoms with Crippen molar-refractivity contribution < 1.29 is 4.39 Å². The fourth-order valence-corrected chi connectivity index (χ4v) is 4.31. The van der Waals surface area contributed by atoms with E-state index >= 15 is 0 Å². The van der Waals surface area contributed by atoms with Crippen LogP contribution in [0, 0.1) is 24.1 Å². The first-order valence-electron chi connectivity index (χ1n) is 9.27. The normalized spacial score (nSPS) is 10.6. The highest BCUT2D eigenvalue weighted by Gasteiger charge is 2.21. The summed E-state index contributed by atoms with van der Waals surface area (Å²) in [6, 6.07) is 17.2. The molecule has 3 aromatic rings. The molecule has 3 rings (SSSR count). The molecule has 0 unspecified atom stereocenters. The number of halogens is 1. The summed E-state index contributed by atoms with van der Waals surface area (Å²) in [6.07, 6.45) is 3.32. The van der Waals surface area contributed by atoms with Crippen molar-refractivity contribution in [1.29, 1.82) is 5.26 Å². The lowest BCUT2D eigenvalue weighted by Crippen LogP contribution is -2.19. The van der Waals surface area contributed by atoms with Crippen LogP contribution in [0.2, 0.25) is 0 Å². The monoisotopic (exact) mass is 378 g/mol. The number of hydrogen-bond acceptors (Lipinski definition) is 3. The molecule has 0 aliphatic carbocycles. The first-order valence-corrected chi connectivity index (χ1v) is 10.1. The SMILES string of the molecule is CCCCCN(c1ccccc1C)c1scc(-c2ccccc2F)c1C#N. The molecule has 0 aliphatic heterocycles. The maximum absolute atomic E-state index is 14.3. The van der Waals surface area contributed by atoms with Crippen LogP contribution in [0.3, 0.4) is 0 Å². The molecular formula is C23H23FN2S. The molecule has 138 valence electrons. The molecule has 27 heavy (non-hydrogen) atoms. The number of nitrogens with zero attached hydrogens (tertiary/aromatic N) is 2. The van der Waals surface area contributed by atoms with Crippen molar-refractivity contribution in [2.75, 3.05) is 11.4 Å². The van der Waals surface area contributed by atoms with Crippen LogP contribution in [0.15, 0.2) is 53.9 Å². The molecule has 0 atom stereocenters. The molecule has 1 aromatic heterocycles. The highest BCUT2D eigenvalue weighted by atomic mass is 32.1. The van der Waals surface area contributed by atoms with Crippen LogP contribution in [0.25, 0.3) is 11.1 Å². The molecule has 2 aromatic carbocycles. The maximum atomic E-state index is 14.3. The van der Waals surface area contributed by atoms with Crippen LogP contribution < -0.4 is 4.90 Å². The maximum Gasteiger partial charge on any atom is 0.131 e. The minimum Gasteiger partial charge on any atom is -0.332 e. The largest absolute Gasteiger partial charge is 0.332 e. The molecule has 0 bridgehead atoms. The van der Waals surface area contributed by atoms with Crippen molar-refractivity contribution in [3.8, 4) is 17.2 Å². The Morgan fingerprint density at radius 1 is 1.04 bits per heavy atom. The van der Waals surface area contributed by atoms with E-state index in [1.54, 1.807) is 18.2 Å². The molecule has 0 saturated carbocycles. The van der Waals surface area contributed by atoms with Gasteiger partial charge in [0.1, 0.15) is 16.9 Å². The second-order valence-corrected chi connectivity index (χ2v) is 7.42. The van der Waals surface area contributed by atoms with E-state index in [2.05, 4.69) is 36.9 Å². The van der Waals surface area contributed by atoms with Crippen molar-refractivity contribution >= 4 is 22.0 Å². The second kappa shape index (κ2) is 8.83. The van der Waals surface area contributed by atoms with Gasteiger partial charge in [0.15, 0.2) is 0 Å². The second-order valence-electron chi connectivity index (χ2n) is 6.57. The highest BCUT2D eigenvalue weighted by Crippen LogP contribution is 2.41. The van der Waals surface area contributed by atoms with E-state index in [9.17, 15) is 9.65 Å². The first kappa shape index (κ1) is 19.1. The number of thiophene rings is 1. The van der Waals surface area contributed by atoms with E-state index in [0.29, 0.717) is 16.7 Å². The Morgan fingerprint density at radius 2 is 1.78 bits per heavy atom. The summed E-state index contributed by atoms with van der Waals surface area (Å²) in [7, 11) is 0. The predicted octanol–water partition coefficient (Wildman–Crippen LogP) is 7.06. The number of anilines is 2. The van der Waals surface area contributed by atoms with Gasteiger partial charge < -0.3 is 4.90 Å². The summed E-state index contributed by atoms with van der Waals surface area (Å²) in [6.45, 7) is 5.10. The van der Waals surface area contributed by atoms with E-state index in [1.807, 2.05) is 17.5 Å². The third-order valence-corrected chi connectivity index (χ3v) is 5.69. The fraction of sp³-hybridized carbons (Fsp3) is 0.261. The summed E-state index contributed by atoms with van der Waals surface area (Å²) in [5.41, 5.74) is 3.97. The van der Waals surface area contributed by atoms with E-state index in [-0.39, 0.29) is 5.82 Å². The summed E-state index contributed by atoms with van der Waals surface area (Å²) in [5, 5.41) is 12.7. The molecule has 0 radical (unpaired) electrons. The zero-order chi connectivity index (χ0) is 19.2. The van der Waals surface area contributed by atoms with Crippen LogP contribution in [0.5, 0.6) is 0 Å². The van der Waals surface area contributed by atoms with Gasteiger partial charge in [-0.3, -0.25) is 0 Å². The molecule has 0 N–H and O–H groups in total. The minimum atomic E-state index is -0.299. The number of unbranched alkanes of at least 4 members (excludes halogenated alkanes) is 2. The fourth-order valence-electron chi connectivity index (χ4n) is 3.25. The zero-order valence-corrected chi connectivity index (χ0v) is 16.5. The molecule has 0 amide bonds. The molecule has 1 heterocycles. The van der Waals surface area contributed by atoms with Gasteiger partial charge >= 0.3 is 0 Å². The van der Waals surface area contributed by atoms with Crippen LogP contribution in [-0.2, 0) is 0 Å². The quantitative estimate of drug-likeness (QED) is 0.411. The Morgan fingerprint density at radius 3 is 2.48 bits per heavy atom.